The van der Waals surface area contributed by atoms with Crippen LogP contribution < -0.4 is 55.6 Å². The van der Waals surface area contributed by atoms with Crippen LogP contribution in [0.3, 0.4) is 0 Å². The SMILES string of the molecule is O=S(=O)([O-])Oc1ccc(O)cc1.[K+]. The van der Waals surface area contributed by atoms with E-state index in [2.05, 4.69) is 4.18 Å². The third-order valence-electron chi connectivity index (χ3n) is 1.04. The minimum Gasteiger partial charge on any atom is -0.716 e. The second kappa shape index (κ2) is 5.30. The molecule has 1 aromatic carbocycles. The van der Waals surface area contributed by atoms with Crippen LogP contribution in [0.25, 0.3) is 0 Å². The van der Waals surface area contributed by atoms with Gasteiger partial charge >= 0.3 is 51.4 Å². The van der Waals surface area contributed by atoms with Gasteiger partial charge in [-0.15, -0.1) is 0 Å². The zero-order valence-corrected chi connectivity index (χ0v) is 10.7. The van der Waals surface area contributed by atoms with Gasteiger partial charge in [0.25, 0.3) is 10.4 Å². The molecule has 0 bridgehead atoms. The Labute approximate surface area is 118 Å². The van der Waals surface area contributed by atoms with E-state index in [1.165, 1.54) is 24.3 Å². The van der Waals surface area contributed by atoms with Gasteiger partial charge in [-0.3, -0.25) is 0 Å². The molecule has 1 aromatic rings. The van der Waals surface area contributed by atoms with E-state index in [0.29, 0.717) is 0 Å². The van der Waals surface area contributed by atoms with Crippen molar-refractivity contribution in [1.29, 1.82) is 0 Å². The fraction of sp³-hybridized carbons (Fsp3) is 0. The van der Waals surface area contributed by atoms with Crippen molar-refractivity contribution in [1.82, 2.24) is 0 Å². The van der Waals surface area contributed by atoms with E-state index < -0.39 is 10.4 Å². The predicted octanol–water partition coefficient (Wildman–Crippen LogP) is -2.76. The van der Waals surface area contributed by atoms with Crippen LogP contribution in [0.1, 0.15) is 0 Å². The van der Waals surface area contributed by atoms with Crippen molar-refractivity contribution in [3.63, 3.8) is 0 Å². The maximum atomic E-state index is 10.0. The first kappa shape index (κ1) is 13.4. The molecule has 0 aliphatic carbocycles. The average Bonchev–Trinajstić information content (AvgIpc) is 1.91. The fourth-order valence-corrected chi connectivity index (χ4v) is 0.966. The molecule has 0 saturated heterocycles. The Balaban J connectivity index is 0.00000144. The van der Waals surface area contributed by atoms with Crippen molar-refractivity contribution in [2.75, 3.05) is 0 Å². The van der Waals surface area contributed by atoms with Gasteiger partial charge in [0.15, 0.2) is 0 Å². The Morgan fingerprint density at radius 1 is 1.23 bits per heavy atom. The molecule has 0 aromatic heterocycles. The van der Waals surface area contributed by atoms with Crippen LogP contribution in [-0.4, -0.2) is 18.1 Å². The Bertz CT molecular complexity index is 357. The van der Waals surface area contributed by atoms with Gasteiger partial charge in [-0.25, -0.2) is 8.42 Å². The van der Waals surface area contributed by atoms with Crippen LogP contribution >= 0.6 is 0 Å². The van der Waals surface area contributed by atoms with Gasteiger partial charge in [0.05, 0.1) is 0 Å². The molecule has 0 aliphatic heterocycles. The van der Waals surface area contributed by atoms with E-state index in [9.17, 15) is 13.0 Å². The minimum atomic E-state index is -4.72. The van der Waals surface area contributed by atoms with Crippen molar-refractivity contribution < 1.29 is 73.6 Å². The smallest absolute Gasteiger partial charge is 0.716 e. The third kappa shape index (κ3) is 5.63. The van der Waals surface area contributed by atoms with E-state index in [4.69, 9.17) is 5.11 Å². The standard InChI is InChI=1S/C6H6O5S.K/c7-5-1-3-6(4-2-5)11-12(8,9)10;/h1-4,7H,(H,8,9,10);/q;+1/p-1. The van der Waals surface area contributed by atoms with Gasteiger partial charge < -0.3 is 13.8 Å². The Morgan fingerprint density at radius 3 is 2.08 bits per heavy atom. The summed E-state index contributed by atoms with van der Waals surface area (Å²) < 4.78 is 34.1. The maximum Gasteiger partial charge on any atom is 1.00 e. The van der Waals surface area contributed by atoms with Crippen LogP contribution in [0, 0.1) is 0 Å². The van der Waals surface area contributed by atoms with Gasteiger partial charge in [0, 0.05) is 0 Å². The molecule has 0 amide bonds. The topological polar surface area (TPSA) is 86.7 Å². The molecule has 5 nitrogen and oxygen atoms in total. The number of aromatic hydroxyl groups is 1. The molecular weight excluding hydrogens is 223 g/mol. The molecule has 0 spiro atoms. The number of benzene rings is 1. The molecule has 0 atom stereocenters. The van der Waals surface area contributed by atoms with Crippen molar-refractivity contribution >= 4 is 10.4 Å². The van der Waals surface area contributed by atoms with Gasteiger partial charge in [-0.2, -0.15) is 0 Å². The molecule has 0 radical (unpaired) electrons. The molecule has 13 heavy (non-hydrogen) atoms. The summed E-state index contributed by atoms with van der Waals surface area (Å²) in [6.45, 7) is 0. The largest absolute Gasteiger partial charge is 1.00 e. The van der Waals surface area contributed by atoms with E-state index >= 15 is 0 Å². The fourth-order valence-electron chi connectivity index (χ4n) is 0.620. The summed E-state index contributed by atoms with van der Waals surface area (Å²) in [4.78, 5) is 0. The summed E-state index contributed by atoms with van der Waals surface area (Å²) in [6.07, 6.45) is 0. The average molecular weight is 228 g/mol. The Kier molecular flexibility index (Phi) is 5.45. The second-order valence-corrected chi connectivity index (χ2v) is 2.97. The molecule has 0 saturated carbocycles. The van der Waals surface area contributed by atoms with Crippen LogP contribution in [0.5, 0.6) is 11.5 Å². The molecule has 0 aliphatic rings. The first-order chi connectivity index (χ1) is 5.47. The van der Waals surface area contributed by atoms with Crippen molar-refractivity contribution in [3.8, 4) is 11.5 Å². The van der Waals surface area contributed by atoms with Crippen molar-refractivity contribution in [3.05, 3.63) is 24.3 Å². The van der Waals surface area contributed by atoms with Gasteiger partial charge in [0.1, 0.15) is 11.5 Å². The quantitative estimate of drug-likeness (QED) is 0.336. The number of rotatable bonds is 2. The molecule has 0 unspecified atom stereocenters. The minimum absolute atomic E-state index is 0. The third-order valence-corrected chi connectivity index (χ3v) is 1.43. The summed E-state index contributed by atoms with van der Waals surface area (Å²) in [7, 11) is -4.72. The van der Waals surface area contributed by atoms with Crippen LogP contribution in [0.2, 0.25) is 0 Å². The van der Waals surface area contributed by atoms with Gasteiger partial charge in [0.2, 0.25) is 0 Å². The van der Waals surface area contributed by atoms with Gasteiger partial charge in [-0.05, 0) is 24.3 Å². The number of hydrogen-bond acceptors (Lipinski definition) is 5. The number of hydrogen-bond donors (Lipinski definition) is 1. The predicted molar refractivity (Wildman–Crippen MR) is 38.4 cm³/mol. The van der Waals surface area contributed by atoms with Crippen LogP contribution in [0.4, 0.5) is 0 Å². The second-order valence-electron chi connectivity index (χ2n) is 1.99. The molecule has 0 fully saturated rings. The van der Waals surface area contributed by atoms with E-state index in [1.54, 1.807) is 0 Å². The number of phenols is 1. The Hall–Kier alpha value is 0.366. The molecule has 1 rings (SSSR count). The molecular formula is C6H5KO5S. The zero-order valence-electron chi connectivity index (χ0n) is 6.80. The molecule has 1 N–H and O–H groups in total. The normalized spacial score (nSPS) is 10.2. The van der Waals surface area contributed by atoms with E-state index in [1.807, 2.05) is 0 Å². The first-order valence-corrected chi connectivity index (χ1v) is 4.25. The molecule has 0 heterocycles. The van der Waals surface area contributed by atoms with Crippen LogP contribution in [-0.2, 0) is 10.4 Å². The first-order valence-electron chi connectivity index (χ1n) is 2.92. The molecule has 66 valence electrons. The number of phenolic OH excluding ortho intramolecular Hbond substituents is 1. The van der Waals surface area contributed by atoms with Crippen molar-refractivity contribution in [2.24, 2.45) is 0 Å². The summed E-state index contributed by atoms with van der Waals surface area (Å²) in [6, 6.07) is 4.76. The maximum absolute atomic E-state index is 10.0. The molecule has 7 heteroatoms. The summed E-state index contributed by atoms with van der Waals surface area (Å²) in [5.41, 5.74) is 0. The summed E-state index contributed by atoms with van der Waals surface area (Å²) in [5, 5.41) is 8.77. The van der Waals surface area contributed by atoms with Crippen LogP contribution in [0.15, 0.2) is 24.3 Å². The summed E-state index contributed by atoms with van der Waals surface area (Å²) in [5.74, 6) is -0.159. The van der Waals surface area contributed by atoms with Gasteiger partial charge in [-0.1, -0.05) is 0 Å². The van der Waals surface area contributed by atoms with E-state index in [0.717, 1.165) is 0 Å². The van der Waals surface area contributed by atoms with Crippen molar-refractivity contribution in [2.45, 2.75) is 0 Å². The summed E-state index contributed by atoms with van der Waals surface area (Å²) >= 11 is 0. The van der Waals surface area contributed by atoms with E-state index in [-0.39, 0.29) is 62.9 Å². The Morgan fingerprint density at radius 2 is 1.69 bits per heavy atom. The monoisotopic (exact) mass is 228 g/mol. The zero-order chi connectivity index (χ0) is 9.19.